The molecule has 0 aliphatic carbocycles. The second-order valence-electron chi connectivity index (χ2n) is 4.53. The predicted molar refractivity (Wildman–Crippen MR) is 68.6 cm³/mol. The van der Waals surface area contributed by atoms with Gasteiger partial charge in [-0.2, -0.15) is 0 Å². The molecule has 2 heterocycles. The van der Waals surface area contributed by atoms with Crippen molar-refractivity contribution >= 4 is 28.6 Å². The van der Waals surface area contributed by atoms with Gasteiger partial charge in [-0.15, -0.1) is 5.10 Å². The number of rotatable bonds is 2. The summed E-state index contributed by atoms with van der Waals surface area (Å²) in [5, 5.41) is 17.3. The van der Waals surface area contributed by atoms with Gasteiger partial charge in [-0.05, 0) is 25.0 Å². The highest BCUT2D eigenvalue weighted by Gasteiger charge is 2.21. The molecule has 1 saturated heterocycles. The predicted octanol–water partition coefficient (Wildman–Crippen LogP) is 2.13. The van der Waals surface area contributed by atoms with E-state index in [1.54, 1.807) is 10.7 Å². The molecule has 0 radical (unpaired) electrons. The molecular weight excluding hydrogens is 270 g/mol. The standard InChI is InChI=1S/C12H12ClN3O3/c13-9-5-11-10(4-8(9)12(17)18)14-15-16(11)7-2-1-3-19-6-7/h4-5,7H,1-3,6H2,(H,17,18). The summed E-state index contributed by atoms with van der Waals surface area (Å²) in [6.45, 7) is 1.36. The van der Waals surface area contributed by atoms with Gasteiger partial charge in [0.1, 0.15) is 5.52 Å². The first-order valence-corrected chi connectivity index (χ1v) is 6.40. The molecule has 100 valence electrons. The lowest BCUT2D eigenvalue weighted by Crippen LogP contribution is -2.22. The van der Waals surface area contributed by atoms with Crippen LogP contribution >= 0.6 is 11.6 Å². The maximum absolute atomic E-state index is 11.0. The van der Waals surface area contributed by atoms with Crippen LogP contribution in [0, 0.1) is 0 Å². The third-order valence-electron chi connectivity index (χ3n) is 3.27. The third-order valence-corrected chi connectivity index (χ3v) is 3.59. The van der Waals surface area contributed by atoms with Crippen LogP contribution < -0.4 is 0 Å². The summed E-state index contributed by atoms with van der Waals surface area (Å²) in [6.07, 6.45) is 1.95. The first-order valence-electron chi connectivity index (χ1n) is 6.02. The van der Waals surface area contributed by atoms with Crippen molar-refractivity contribution in [2.75, 3.05) is 13.2 Å². The van der Waals surface area contributed by atoms with E-state index in [0.717, 1.165) is 25.0 Å². The molecule has 1 aliphatic heterocycles. The molecule has 0 spiro atoms. The minimum absolute atomic E-state index is 0.0427. The highest BCUT2D eigenvalue weighted by molar-refractivity contribution is 6.34. The number of ether oxygens (including phenoxy) is 1. The maximum atomic E-state index is 11.0. The fourth-order valence-corrected chi connectivity index (χ4v) is 2.55. The zero-order chi connectivity index (χ0) is 13.4. The quantitative estimate of drug-likeness (QED) is 0.912. The van der Waals surface area contributed by atoms with E-state index < -0.39 is 5.97 Å². The van der Waals surface area contributed by atoms with Crippen molar-refractivity contribution < 1.29 is 14.6 Å². The van der Waals surface area contributed by atoms with Crippen molar-refractivity contribution in [1.29, 1.82) is 0 Å². The van der Waals surface area contributed by atoms with Gasteiger partial charge in [-0.3, -0.25) is 0 Å². The van der Waals surface area contributed by atoms with E-state index in [2.05, 4.69) is 10.3 Å². The van der Waals surface area contributed by atoms with E-state index >= 15 is 0 Å². The maximum Gasteiger partial charge on any atom is 0.337 e. The lowest BCUT2D eigenvalue weighted by atomic mass is 10.1. The number of halogens is 1. The van der Waals surface area contributed by atoms with Crippen molar-refractivity contribution in [2.24, 2.45) is 0 Å². The van der Waals surface area contributed by atoms with Crippen molar-refractivity contribution in [2.45, 2.75) is 18.9 Å². The van der Waals surface area contributed by atoms with Gasteiger partial charge in [0.05, 0.1) is 28.8 Å². The van der Waals surface area contributed by atoms with Gasteiger partial charge in [-0.25, -0.2) is 9.48 Å². The normalized spacial score (nSPS) is 19.7. The Kier molecular flexibility index (Phi) is 3.12. The Morgan fingerprint density at radius 2 is 2.37 bits per heavy atom. The minimum atomic E-state index is -1.07. The second-order valence-corrected chi connectivity index (χ2v) is 4.94. The molecule has 3 rings (SSSR count). The number of aromatic carboxylic acids is 1. The van der Waals surface area contributed by atoms with Crippen molar-refractivity contribution in [3.05, 3.63) is 22.7 Å². The second kappa shape index (κ2) is 4.79. The average molecular weight is 282 g/mol. The molecule has 1 aromatic heterocycles. The van der Waals surface area contributed by atoms with E-state index in [0.29, 0.717) is 12.1 Å². The molecule has 1 aromatic carbocycles. The number of fused-ring (bicyclic) bond motifs is 1. The highest BCUT2D eigenvalue weighted by Crippen LogP contribution is 2.27. The summed E-state index contributed by atoms with van der Waals surface area (Å²) in [7, 11) is 0. The van der Waals surface area contributed by atoms with Crippen molar-refractivity contribution in [1.82, 2.24) is 15.0 Å². The number of nitrogens with zero attached hydrogens (tertiary/aromatic N) is 3. The summed E-state index contributed by atoms with van der Waals surface area (Å²) < 4.78 is 7.20. The van der Waals surface area contributed by atoms with Crippen LogP contribution in [0.2, 0.25) is 5.02 Å². The zero-order valence-corrected chi connectivity index (χ0v) is 10.8. The summed E-state index contributed by atoms with van der Waals surface area (Å²) in [6, 6.07) is 3.19. The van der Waals surface area contributed by atoms with Crippen molar-refractivity contribution in [3.8, 4) is 0 Å². The Balaban J connectivity index is 2.07. The zero-order valence-electron chi connectivity index (χ0n) is 10.0. The van der Waals surface area contributed by atoms with Crippen LogP contribution in [0.3, 0.4) is 0 Å². The van der Waals surface area contributed by atoms with E-state index in [-0.39, 0.29) is 16.6 Å². The van der Waals surface area contributed by atoms with Crippen LogP contribution in [-0.4, -0.2) is 39.3 Å². The molecule has 0 saturated carbocycles. The Morgan fingerprint density at radius 1 is 1.53 bits per heavy atom. The van der Waals surface area contributed by atoms with Gasteiger partial charge in [0.2, 0.25) is 0 Å². The molecular formula is C12H12ClN3O3. The monoisotopic (exact) mass is 281 g/mol. The SMILES string of the molecule is O=C(O)c1cc2nnn(C3CCCOC3)c2cc1Cl. The van der Waals surface area contributed by atoms with Gasteiger partial charge in [0, 0.05) is 6.61 Å². The Labute approximate surface area is 113 Å². The van der Waals surface area contributed by atoms with Crippen LogP contribution in [-0.2, 0) is 4.74 Å². The Morgan fingerprint density at radius 3 is 3.05 bits per heavy atom. The first-order chi connectivity index (χ1) is 9.16. The van der Waals surface area contributed by atoms with E-state index in [1.807, 2.05) is 0 Å². The Bertz CT molecular complexity index is 634. The van der Waals surface area contributed by atoms with Crippen LogP contribution in [0.4, 0.5) is 0 Å². The molecule has 19 heavy (non-hydrogen) atoms. The third kappa shape index (κ3) is 2.17. The number of carboxylic acids is 1. The van der Waals surface area contributed by atoms with Crippen LogP contribution in [0.15, 0.2) is 12.1 Å². The topological polar surface area (TPSA) is 77.2 Å². The van der Waals surface area contributed by atoms with Crippen molar-refractivity contribution in [3.63, 3.8) is 0 Å². The molecule has 1 atom stereocenters. The number of carboxylic acid groups (broad SMARTS) is 1. The summed E-state index contributed by atoms with van der Waals surface area (Å²) in [5.74, 6) is -1.07. The lowest BCUT2D eigenvalue weighted by molar-refractivity contribution is 0.0558. The molecule has 1 aliphatic rings. The smallest absolute Gasteiger partial charge is 0.337 e. The fraction of sp³-hybridized carbons (Fsp3) is 0.417. The largest absolute Gasteiger partial charge is 0.478 e. The van der Waals surface area contributed by atoms with Gasteiger partial charge in [-0.1, -0.05) is 16.8 Å². The molecule has 2 aromatic rings. The van der Waals surface area contributed by atoms with Crippen LogP contribution in [0.1, 0.15) is 29.2 Å². The average Bonchev–Trinajstić information content (AvgIpc) is 2.81. The summed E-state index contributed by atoms with van der Waals surface area (Å²) >= 11 is 5.99. The van der Waals surface area contributed by atoms with Gasteiger partial charge in [0.15, 0.2) is 0 Å². The van der Waals surface area contributed by atoms with E-state index in [9.17, 15) is 4.79 Å². The molecule has 1 fully saturated rings. The van der Waals surface area contributed by atoms with E-state index in [4.69, 9.17) is 21.4 Å². The van der Waals surface area contributed by atoms with E-state index in [1.165, 1.54) is 6.07 Å². The molecule has 7 heteroatoms. The molecule has 0 bridgehead atoms. The molecule has 6 nitrogen and oxygen atoms in total. The summed E-state index contributed by atoms with van der Waals surface area (Å²) in [4.78, 5) is 11.0. The molecule has 0 amide bonds. The van der Waals surface area contributed by atoms with Gasteiger partial charge < -0.3 is 9.84 Å². The van der Waals surface area contributed by atoms with Gasteiger partial charge in [0.25, 0.3) is 0 Å². The first kappa shape index (κ1) is 12.4. The molecule has 1 unspecified atom stereocenters. The van der Waals surface area contributed by atoms with Crippen LogP contribution in [0.25, 0.3) is 11.0 Å². The van der Waals surface area contributed by atoms with Gasteiger partial charge >= 0.3 is 5.97 Å². The minimum Gasteiger partial charge on any atom is -0.478 e. The van der Waals surface area contributed by atoms with Crippen LogP contribution in [0.5, 0.6) is 0 Å². The molecule has 1 N–H and O–H groups in total. The highest BCUT2D eigenvalue weighted by atomic mass is 35.5. The number of carbonyl (C=O) groups is 1. The number of hydrogen-bond acceptors (Lipinski definition) is 4. The Hall–Kier alpha value is -1.66. The fourth-order valence-electron chi connectivity index (χ4n) is 2.31. The number of hydrogen-bond donors (Lipinski definition) is 1. The summed E-state index contributed by atoms with van der Waals surface area (Å²) in [5.41, 5.74) is 1.32. The number of aromatic nitrogens is 3. The lowest BCUT2D eigenvalue weighted by Gasteiger charge is -2.22. The number of benzene rings is 1.